The Balaban J connectivity index is 1.53. The van der Waals surface area contributed by atoms with Crippen molar-refractivity contribution in [1.29, 1.82) is 0 Å². The Morgan fingerprint density at radius 3 is 2.74 bits per heavy atom. The van der Waals surface area contributed by atoms with E-state index in [0.717, 1.165) is 12.5 Å². The maximum atomic E-state index is 5.99. The van der Waals surface area contributed by atoms with Gasteiger partial charge in [-0.15, -0.1) is 0 Å². The third-order valence-corrected chi connectivity index (χ3v) is 5.53. The van der Waals surface area contributed by atoms with Gasteiger partial charge in [0.2, 0.25) is 0 Å². The second-order valence-corrected chi connectivity index (χ2v) is 7.47. The molecule has 3 fully saturated rings. The summed E-state index contributed by atoms with van der Waals surface area (Å²) in [7, 11) is 0. The second-order valence-electron chi connectivity index (χ2n) is 7.47. The minimum Gasteiger partial charge on any atom is -0.377 e. The van der Waals surface area contributed by atoms with Crippen molar-refractivity contribution in [3.05, 3.63) is 0 Å². The molecule has 19 heavy (non-hydrogen) atoms. The maximum Gasteiger partial charge on any atom is 0.0684 e. The Hall–Kier alpha value is -0.120. The molecule has 0 radical (unpaired) electrons. The van der Waals surface area contributed by atoms with E-state index in [0.29, 0.717) is 23.6 Å². The molecular weight excluding hydrogens is 236 g/mol. The zero-order valence-electron chi connectivity index (χ0n) is 12.8. The smallest absolute Gasteiger partial charge is 0.0684 e. The largest absolute Gasteiger partial charge is 0.377 e. The molecule has 3 aliphatic rings. The van der Waals surface area contributed by atoms with Crippen LogP contribution in [0, 0.1) is 11.3 Å². The second kappa shape index (κ2) is 5.34. The molecular formula is C16H30N2O. The summed E-state index contributed by atoms with van der Waals surface area (Å²) >= 11 is 0. The standard InChI is InChI=1S/C16H30N2O/c1-12(11-18-8-4-5-9-18)17-14-13-7-6-10-19-15(13)16(14,2)3/h12-15,17H,4-11H2,1-3H3. The van der Waals surface area contributed by atoms with Gasteiger partial charge >= 0.3 is 0 Å². The first-order valence-corrected chi connectivity index (χ1v) is 8.19. The molecule has 2 aliphatic heterocycles. The number of hydrogen-bond acceptors (Lipinski definition) is 3. The van der Waals surface area contributed by atoms with E-state index in [-0.39, 0.29) is 0 Å². The fourth-order valence-corrected chi connectivity index (χ4v) is 4.57. The lowest BCUT2D eigenvalue weighted by atomic mass is 9.55. The quantitative estimate of drug-likeness (QED) is 0.845. The van der Waals surface area contributed by atoms with Gasteiger partial charge in [-0.05, 0) is 45.7 Å². The summed E-state index contributed by atoms with van der Waals surface area (Å²) in [6, 6.07) is 1.25. The van der Waals surface area contributed by atoms with Crippen molar-refractivity contribution in [1.82, 2.24) is 10.2 Å². The van der Waals surface area contributed by atoms with E-state index in [1.165, 1.54) is 45.3 Å². The third-order valence-electron chi connectivity index (χ3n) is 5.53. The summed E-state index contributed by atoms with van der Waals surface area (Å²) in [5, 5.41) is 3.91. The van der Waals surface area contributed by atoms with E-state index in [9.17, 15) is 0 Å². The number of rotatable bonds is 4. The van der Waals surface area contributed by atoms with Crippen LogP contribution in [0.2, 0.25) is 0 Å². The predicted octanol–water partition coefficient (Wildman–Crippen LogP) is 2.26. The first kappa shape index (κ1) is 13.8. The van der Waals surface area contributed by atoms with Gasteiger partial charge in [0.1, 0.15) is 0 Å². The highest BCUT2D eigenvalue weighted by molar-refractivity contribution is 5.10. The van der Waals surface area contributed by atoms with Crippen molar-refractivity contribution in [3.63, 3.8) is 0 Å². The number of ether oxygens (including phenoxy) is 1. The van der Waals surface area contributed by atoms with Crippen LogP contribution < -0.4 is 5.32 Å². The number of hydrogen-bond donors (Lipinski definition) is 1. The molecule has 1 aliphatic carbocycles. The first-order valence-electron chi connectivity index (χ1n) is 8.19. The van der Waals surface area contributed by atoms with Crippen LogP contribution in [0.15, 0.2) is 0 Å². The normalized spacial score (nSPS) is 39.6. The highest BCUT2D eigenvalue weighted by Gasteiger charge is 2.57. The fourth-order valence-electron chi connectivity index (χ4n) is 4.57. The summed E-state index contributed by atoms with van der Waals surface area (Å²) in [6.07, 6.45) is 5.87. The lowest BCUT2D eigenvalue weighted by Crippen LogP contribution is -2.70. The summed E-state index contributed by atoms with van der Waals surface area (Å²) < 4.78 is 5.99. The monoisotopic (exact) mass is 266 g/mol. The number of fused-ring (bicyclic) bond motifs is 1. The molecule has 0 aromatic carbocycles. The summed E-state index contributed by atoms with van der Waals surface area (Å²) in [6.45, 7) is 11.9. The van der Waals surface area contributed by atoms with Crippen LogP contribution in [0.5, 0.6) is 0 Å². The minimum absolute atomic E-state index is 0.310. The Labute approximate surface area is 118 Å². The molecule has 3 heteroatoms. The Morgan fingerprint density at radius 2 is 2.00 bits per heavy atom. The number of nitrogens with one attached hydrogen (secondary N) is 1. The van der Waals surface area contributed by atoms with Gasteiger partial charge in [0.15, 0.2) is 0 Å². The highest BCUT2D eigenvalue weighted by Crippen LogP contribution is 2.51. The third kappa shape index (κ3) is 2.57. The molecule has 0 aromatic rings. The molecule has 4 atom stereocenters. The van der Waals surface area contributed by atoms with E-state index < -0.39 is 0 Å². The van der Waals surface area contributed by atoms with Crippen LogP contribution in [0.1, 0.15) is 46.5 Å². The van der Waals surface area contributed by atoms with Crippen LogP contribution in [0.3, 0.4) is 0 Å². The van der Waals surface area contributed by atoms with Crippen LogP contribution in [0.4, 0.5) is 0 Å². The van der Waals surface area contributed by atoms with Gasteiger partial charge in [0.05, 0.1) is 6.10 Å². The SMILES string of the molecule is CC(CN1CCCC1)NC1C2CCCOC2C1(C)C. The van der Waals surface area contributed by atoms with Crippen LogP contribution >= 0.6 is 0 Å². The summed E-state index contributed by atoms with van der Waals surface area (Å²) in [4.78, 5) is 2.61. The zero-order chi connectivity index (χ0) is 13.5. The molecule has 2 saturated heterocycles. The van der Waals surface area contributed by atoms with Crippen LogP contribution in [-0.2, 0) is 4.74 Å². The number of likely N-dealkylation sites (tertiary alicyclic amines) is 1. The molecule has 3 nitrogen and oxygen atoms in total. The van der Waals surface area contributed by atoms with Crippen LogP contribution in [-0.4, -0.2) is 49.3 Å². The topological polar surface area (TPSA) is 24.5 Å². The van der Waals surface area contributed by atoms with Gasteiger partial charge in [-0.25, -0.2) is 0 Å². The van der Waals surface area contributed by atoms with E-state index in [2.05, 4.69) is 31.0 Å². The molecule has 0 bridgehead atoms. The van der Waals surface area contributed by atoms with E-state index in [4.69, 9.17) is 4.74 Å². The highest BCUT2D eigenvalue weighted by atomic mass is 16.5. The van der Waals surface area contributed by atoms with E-state index >= 15 is 0 Å². The number of nitrogens with zero attached hydrogens (tertiary/aromatic N) is 1. The average Bonchev–Trinajstić information content (AvgIpc) is 2.89. The van der Waals surface area contributed by atoms with Gasteiger partial charge in [-0.2, -0.15) is 0 Å². The zero-order valence-corrected chi connectivity index (χ0v) is 12.8. The molecule has 0 spiro atoms. The van der Waals surface area contributed by atoms with Crippen molar-refractivity contribution < 1.29 is 4.74 Å². The van der Waals surface area contributed by atoms with Crippen molar-refractivity contribution in [2.75, 3.05) is 26.2 Å². The first-order chi connectivity index (χ1) is 9.09. The molecule has 3 rings (SSSR count). The van der Waals surface area contributed by atoms with Gasteiger partial charge in [0.25, 0.3) is 0 Å². The van der Waals surface area contributed by atoms with Crippen molar-refractivity contribution in [3.8, 4) is 0 Å². The lowest BCUT2D eigenvalue weighted by molar-refractivity contribution is -0.194. The fraction of sp³-hybridized carbons (Fsp3) is 1.00. The molecule has 110 valence electrons. The Morgan fingerprint density at radius 1 is 1.26 bits per heavy atom. The molecule has 1 saturated carbocycles. The predicted molar refractivity (Wildman–Crippen MR) is 78.3 cm³/mol. The van der Waals surface area contributed by atoms with Crippen molar-refractivity contribution in [2.45, 2.75) is 64.6 Å². The molecule has 0 amide bonds. The Bertz CT molecular complexity index is 312. The van der Waals surface area contributed by atoms with Crippen molar-refractivity contribution >= 4 is 0 Å². The van der Waals surface area contributed by atoms with Gasteiger partial charge in [-0.3, -0.25) is 0 Å². The molecule has 2 heterocycles. The van der Waals surface area contributed by atoms with E-state index in [1.807, 2.05) is 0 Å². The van der Waals surface area contributed by atoms with E-state index in [1.54, 1.807) is 0 Å². The van der Waals surface area contributed by atoms with Crippen molar-refractivity contribution in [2.24, 2.45) is 11.3 Å². The average molecular weight is 266 g/mol. The maximum absolute atomic E-state index is 5.99. The minimum atomic E-state index is 0.310. The Kier molecular flexibility index (Phi) is 3.89. The van der Waals surface area contributed by atoms with Gasteiger partial charge < -0.3 is 15.0 Å². The molecule has 0 aromatic heterocycles. The molecule has 4 unspecified atom stereocenters. The summed E-state index contributed by atoms with van der Waals surface area (Å²) in [5.41, 5.74) is 0.310. The molecule has 1 N–H and O–H groups in total. The van der Waals surface area contributed by atoms with Gasteiger partial charge in [0, 0.05) is 36.6 Å². The van der Waals surface area contributed by atoms with Crippen LogP contribution in [0.25, 0.3) is 0 Å². The summed E-state index contributed by atoms with van der Waals surface area (Å²) in [5.74, 6) is 0.754. The van der Waals surface area contributed by atoms with Gasteiger partial charge in [-0.1, -0.05) is 13.8 Å². The lowest BCUT2D eigenvalue weighted by Gasteiger charge is -2.60.